The molecule has 0 saturated heterocycles. The van der Waals surface area contributed by atoms with Crippen molar-refractivity contribution in [2.75, 3.05) is 11.4 Å². The molecule has 8 heteroatoms. The second kappa shape index (κ2) is 7.56. The van der Waals surface area contributed by atoms with E-state index < -0.39 is 10.0 Å². The lowest BCUT2D eigenvalue weighted by molar-refractivity contribution is 0.415. The first-order valence-corrected chi connectivity index (χ1v) is 10.4. The summed E-state index contributed by atoms with van der Waals surface area (Å²) in [6.45, 7) is 2.20. The molecule has 0 aliphatic rings. The van der Waals surface area contributed by atoms with Crippen LogP contribution in [0.4, 0.5) is 5.69 Å². The van der Waals surface area contributed by atoms with Gasteiger partial charge in [0.15, 0.2) is 5.65 Å². The van der Waals surface area contributed by atoms with Gasteiger partial charge in [0.25, 0.3) is 10.0 Å². The Balaban J connectivity index is 1.79. The Morgan fingerprint density at radius 2 is 1.72 bits per heavy atom. The zero-order chi connectivity index (χ0) is 20.4. The number of hydrogen-bond donors (Lipinski definition) is 0. The molecule has 0 unspecified atom stereocenters. The molecule has 2 aromatic carbocycles. The molecule has 29 heavy (non-hydrogen) atoms. The monoisotopic (exact) mass is 408 g/mol. The van der Waals surface area contributed by atoms with Crippen molar-refractivity contribution >= 4 is 21.4 Å². The number of methoxy groups -OCH3 is 1. The van der Waals surface area contributed by atoms with E-state index in [1.807, 2.05) is 31.2 Å². The number of pyridine rings is 1. The molecule has 2 heterocycles. The van der Waals surface area contributed by atoms with Crippen molar-refractivity contribution in [2.45, 2.75) is 18.4 Å². The van der Waals surface area contributed by atoms with Gasteiger partial charge in [-0.15, -0.1) is 10.2 Å². The fourth-order valence-corrected chi connectivity index (χ4v) is 4.47. The van der Waals surface area contributed by atoms with Crippen LogP contribution in [0.2, 0.25) is 0 Å². The van der Waals surface area contributed by atoms with Crippen molar-refractivity contribution in [3.8, 4) is 5.75 Å². The van der Waals surface area contributed by atoms with Crippen molar-refractivity contribution in [2.24, 2.45) is 0 Å². The molecule has 0 N–H and O–H groups in total. The maximum atomic E-state index is 13.6. The first-order valence-electron chi connectivity index (χ1n) is 8.99. The highest BCUT2D eigenvalue weighted by Gasteiger charge is 2.26. The minimum absolute atomic E-state index is 0.160. The summed E-state index contributed by atoms with van der Waals surface area (Å²) in [5.74, 6) is 0.660. The lowest BCUT2D eigenvalue weighted by Crippen LogP contribution is -2.30. The van der Waals surface area contributed by atoms with Crippen molar-refractivity contribution in [3.63, 3.8) is 0 Å². The number of ether oxygens (including phenoxy) is 1. The Hall–Kier alpha value is -3.39. The van der Waals surface area contributed by atoms with E-state index in [0.29, 0.717) is 17.1 Å². The van der Waals surface area contributed by atoms with Crippen LogP contribution in [-0.4, -0.2) is 30.1 Å². The zero-order valence-electron chi connectivity index (χ0n) is 16.1. The maximum absolute atomic E-state index is 13.6. The summed E-state index contributed by atoms with van der Waals surface area (Å²) in [6.07, 6.45) is 3.00. The van der Waals surface area contributed by atoms with Gasteiger partial charge in [-0.05, 0) is 48.9 Å². The van der Waals surface area contributed by atoms with Gasteiger partial charge < -0.3 is 4.74 Å². The minimum atomic E-state index is -3.84. The summed E-state index contributed by atoms with van der Waals surface area (Å²) < 4.78 is 35.3. The van der Waals surface area contributed by atoms with Crippen molar-refractivity contribution < 1.29 is 13.2 Å². The highest BCUT2D eigenvalue weighted by atomic mass is 32.2. The van der Waals surface area contributed by atoms with E-state index in [1.165, 1.54) is 16.8 Å². The van der Waals surface area contributed by atoms with Crippen molar-refractivity contribution in [1.29, 1.82) is 0 Å². The molecule has 4 aromatic rings. The molecule has 0 aliphatic carbocycles. The summed E-state index contributed by atoms with van der Waals surface area (Å²) in [5.41, 5.74) is 3.14. The van der Waals surface area contributed by atoms with Crippen LogP contribution in [-0.2, 0) is 16.6 Å². The van der Waals surface area contributed by atoms with E-state index >= 15 is 0 Å². The third-order valence-corrected chi connectivity index (χ3v) is 6.42. The van der Waals surface area contributed by atoms with Crippen molar-refractivity contribution in [3.05, 3.63) is 84.3 Å². The second-order valence-corrected chi connectivity index (χ2v) is 8.52. The summed E-state index contributed by atoms with van der Waals surface area (Å²) >= 11 is 0. The fourth-order valence-electron chi connectivity index (χ4n) is 3.01. The number of rotatable bonds is 6. The van der Waals surface area contributed by atoms with Crippen LogP contribution in [0.3, 0.4) is 0 Å². The number of sulfonamides is 1. The number of anilines is 1. The number of aryl methyl sites for hydroxylation is 1. The topological polar surface area (TPSA) is 76.8 Å². The van der Waals surface area contributed by atoms with Crippen molar-refractivity contribution in [1.82, 2.24) is 14.6 Å². The first-order chi connectivity index (χ1) is 14.0. The highest BCUT2D eigenvalue weighted by molar-refractivity contribution is 7.92. The van der Waals surface area contributed by atoms with Gasteiger partial charge in [-0.1, -0.05) is 29.8 Å². The Morgan fingerprint density at radius 1 is 1.00 bits per heavy atom. The molecule has 0 saturated carbocycles. The smallest absolute Gasteiger partial charge is 0.266 e. The zero-order valence-corrected chi connectivity index (χ0v) is 16.9. The number of benzene rings is 2. The van der Waals surface area contributed by atoms with Gasteiger partial charge in [0.05, 0.1) is 19.3 Å². The van der Waals surface area contributed by atoms with Crippen LogP contribution in [0.1, 0.15) is 11.1 Å². The first kappa shape index (κ1) is 18.9. The lowest BCUT2D eigenvalue weighted by Gasteiger charge is -2.25. The van der Waals surface area contributed by atoms with Crippen LogP contribution in [0.5, 0.6) is 5.75 Å². The molecule has 0 aliphatic heterocycles. The quantitative estimate of drug-likeness (QED) is 0.488. The molecule has 0 amide bonds. The van der Waals surface area contributed by atoms with Gasteiger partial charge >= 0.3 is 0 Å². The van der Waals surface area contributed by atoms with Crippen LogP contribution in [0.15, 0.2) is 78.1 Å². The van der Waals surface area contributed by atoms with Gasteiger partial charge in [-0.2, -0.15) is 0 Å². The van der Waals surface area contributed by atoms with Gasteiger partial charge in [0.2, 0.25) is 0 Å². The normalized spacial score (nSPS) is 11.5. The summed E-state index contributed by atoms with van der Waals surface area (Å²) in [6, 6.07) is 18.0. The largest absolute Gasteiger partial charge is 0.497 e. The predicted molar refractivity (Wildman–Crippen MR) is 111 cm³/mol. The average molecular weight is 408 g/mol. The molecule has 4 rings (SSSR count). The molecule has 7 nitrogen and oxygen atoms in total. The highest BCUT2D eigenvalue weighted by Crippen LogP contribution is 2.28. The Kier molecular flexibility index (Phi) is 4.94. The van der Waals surface area contributed by atoms with Crippen LogP contribution in [0, 0.1) is 6.92 Å². The molecular weight excluding hydrogens is 388 g/mol. The third kappa shape index (κ3) is 3.79. The number of nitrogens with zero attached hydrogens (tertiary/aromatic N) is 4. The van der Waals surface area contributed by atoms with E-state index in [1.54, 1.807) is 47.9 Å². The van der Waals surface area contributed by atoms with Crippen LogP contribution in [0.25, 0.3) is 5.65 Å². The molecule has 148 valence electrons. The van der Waals surface area contributed by atoms with Crippen LogP contribution < -0.4 is 9.04 Å². The standard InChI is InChI=1S/C21H20N4O3S/c1-16-3-5-17(6-4-16)13-25(18-7-9-19(28-2)10-8-18)29(26,27)20-11-12-21-23-22-15-24(21)14-20/h3-12,14-15H,13H2,1-2H3. The van der Waals surface area contributed by atoms with Gasteiger partial charge in [-0.25, -0.2) is 8.42 Å². The average Bonchev–Trinajstić information content (AvgIpc) is 3.21. The predicted octanol–water partition coefficient (Wildman–Crippen LogP) is 3.44. The second-order valence-electron chi connectivity index (χ2n) is 6.66. The lowest BCUT2D eigenvalue weighted by atomic mass is 10.1. The van der Waals surface area contributed by atoms with Crippen LogP contribution >= 0.6 is 0 Å². The maximum Gasteiger partial charge on any atom is 0.266 e. The van der Waals surface area contributed by atoms with Gasteiger partial charge in [0, 0.05) is 6.20 Å². The van der Waals surface area contributed by atoms with Gasteiger partial charge in [0.1, 0.15) is 17.0 Å². The van der Waals surface area contributed by atoms with E-state index in [-0.39, 0.29) is 11.4 Å². The molecule has 0 fully saturated rings. The summed E-state index contributed by atoms with van der Waals surface area (Å²) in [7, 11) is -2.26. The molecule has 0 atom stereocenters. The fraction of sp³-hybridized carbons (Fsp3) is 0.143. The van der Waals surface area contributed by atoms with E-state index in [0.717, 1.165) is 11.1 Å². The molecule has 0 spiro atoms. The van der Waals surface area contributed by atoms with E-state index in [4.69, 9.17) is 4.74 Å². The van der Waals surface area contributed by atoms with Gasteiger partial charge in [-0.3, -0.25) is 8.71 Å². The van der Waals surface area contributed by atoms with E-state index in [9.17, 15) is 8.42 Å². The molecule has 0 bridgehead atoms. The SMILES string of the molecule is COc1ccc(N(Cc2ccc(C)cc2)S(=O)(=O)c2ccc3nncn3c2)cc1. The number of aromatic nitrogens is 3. The Labute approximate surface area is 169 Å². The summed E-state index contributed by atoms with van der Waals surface area (Å²) in [4.78, 5) is 0.160. The third-order valence-electron chi connectivity index (χ3n) is 4.66. The Morgan fingerprint density at radius 3 is 2.41 bits per heavy atom. The molecule has 2 aromatic heterocycles. The minimum Gasteiger partial charge on any atom is -0.497 e. The Bertz CT molecular complexity index is 1230. The number of fused-ring (bicyclic) bond motifs is 1. The molecule has 0 radical (unpaired) electrons. The van der Waals surface area contributed by atoms with E-state index in [2.05, 4.69) is 10.2 Å². The summed E-state index contributed by atoms with van der Waals surface area (Å²) in [5, 5.41) is 7.74. The number of hydrogen-bond acceptors (Lipinski definition) is 5. The molecular formula is C21H20N4O3S.